The summed E-state index contributed by atoms with van der Waals surface area (Å²) >= 11 is 0. The molecule has 0 aliphatic carbocycles. The molecule has 2 aromatic rings. The smallest absolute Gasteiger partial charge is 0.324 e. The Morgan fingerprint density at radius 2 is 2.07 bits per heavy atom. The lowest BCUT2D eigenvalue weighted by atomic mass is 9.96. The van der Waals surface area contributed by atoms with Gasteiger partial charge in [-0.1, -0.05) is 5.16 Å². The molecule has 1 atom stereocenters. The molecule has 0 bridgehead atoms. The molecule has 8 heteroatoms. The third kappa shape index (κ3) is 4.15. The van der Waals surface area contributed by atoms with Gasteiger partial charge >= 0.3 is 6.01 Å². The second-order valence-corrected chi connectivity index (χ2v) is 7.46. The van der Waals surface area contributed by atoms with Crippen LogP contribution in [0.2, 0.25) is 0 Å². The largest absolute Gasteiger partial charge is 0.356 e. The maximum atomic E-state index is 12.4. The van der Waals surface area contributed by atoms with Gasteiger partial charge in [0, 0.05) is 31.1 Å². The number of carbonyl (C=O) groups excluding carboxylic acids is 1. The van der Waals surface area contributed by atoms with E-state index >= 15 is 0 Å². The van der Waals surface area contributed by atoms with Gasteiger partial charge in [-0.25, -0.2) is 0 Å². The van der Waals surface area contributed by atoms with E-state index in [0.717, 1.165) is 57.5 Å². The van der Waals surface area contributed by atoms with Crippen LogP contribution in [0.5, 0.6) is 0 Å². The molecule has 146 valence electrons. The van der Waals surface area contributed by atoms with Crippen LogP contribution < -0.4 is 15.5 Å². The molecule has 0 radical (unpaired) electrons. The fourth-order valence-electron chi connectivity index (χ4n) is 3.77. The van der Waals surface area contributed by atoms with Crippen LogP contribution in [-0.4, -0.2) is 48.8 Å². The number of nitrogens with one attached hydrogen (secondary N) is 2. The summed E-state index contributed by atoms with van der Waals surface area (Å²) in [6.45, 7) is 4.25. The molecule has 8 nitrogen and oxygen atoms in total. The summed E-state index contributed by atoms with van der Waals surface area (Å²) in [6, 6.07) is 9.66. The highest BCUT2D eigenvalue weighted by atomic mass is 16.5. The Labute approximate surface area is 163 Å². The number of rotatable bonds is 5. The van der Waals surface area contributed by atoms with E-state index in [-0.39, 0.29) is 11.8 Å². The molecule has 1 aromatic heterocycles. The highest BCUT2D eigenvalue weighted by Crippen LogP contribution is 2.25. The first-order valence-corrected chi connectivity index (χ1v) is 9.80. The molecular formula is C20H24N6O2. The number of aromatic nitrogens is 2. The average Bonchev–Trinajstić information content (AvgIpc) is 3.44. The first kappa shape index (κ1) is 18.4. The molecular weight excluding hydrogens is 356 g/mol. The molecule has 2 N–H and O–H groups in total. The first-order chi connectivity index (χ1) is 13.7. The van der Waals surface area contributed by atoms with Gasteiger partial charge in [0.2, 0.25) is 11.7 Å². The number of amides is 1. The van der Waals surface area contributed by atoms with Crippen molar-refractivity contribution in [3.8, 4) is 17.5 Å². The number of nitriles is 1. The second kappa shape index (κ2) is 8.40. The van der Waals surface area contributed by atoms with Crippen LogP contribution in [-0.2, 0) is 4.79 Å². The number of piperidine rings is 1. The molecule has 2 fully saturated rings. The van der Waals surface area contributed by atoms with Crippen LogP contribution in [0.15, 0.2) is 28.8 Å². The molecule has 28 heavy (non-hydrogen) atoms. The van der Waals surface area contributed by atoms with Crippen LogP contribution >= 0.6 is 0 Å². The van der Waals surface area contributed by atoms with Gasteiger partial charge in [-0.3, -0.25) is 4.79 Å². The molecule has 2 saturated heterocycles. The lowest BCUT2D eigenvalue weighted by Crippen LogP contribution is -2.42. The third-order valence-corrected chi connectivity index (χ3v) is 5.55. The quantitative estimate of drug-likeness (QED) is 0.810. The summed E-state index contributed by atoms with van der Waals surface area (Å²) in [5, 5.41) is 19.4. The van der Waals surface area contributed by atoms with Crippen LogP contribution in [0.3, 0.4) is 0 Å². The highest BCUT2D eigenvalue weighted by molar-refractivity contribution is 5.79. The summed E-state index contributed by atoms with van der Waals surface area (Å²) in [6.07, 6.45) is 2.70. The minimum absolute atomic E-state index is 0.0477. The van der Waals surface area contributed by atoms with Gasteiger partial charge in [0.25, 0.3) is 0 Å². The van der Waals surface area contributed by atoms with Crippen molar-refractivity contribution < 1.29 is 9.32 Å². The van der Waals surface area contributed by atoms with Crippen molar-refractivity contribution in [1.82, 2.24) is 20.8 Å². The summed E-state index contributed by atoms with van der Waals surface area (Å²) < 4.78 is 5.42. The Bertz CT molecular complexity index is 842. The maximum absolute atomic E-state index is 12.4. The van der Waals surface area contributed by atoms with Gasteiger partial charge in [-0.15, -0.1) is 0 Å². The van der Waals surface area contributed by atoms with E-state index in [1.807, 2.05) is 17.0 Å². The molecule has 2 aliphatic heterocycles. The van der Waals surface area contributed by atoms with Crippen LogP contribution in [0.25, 0.3) is 11.4 Å². The Morgan fingerprint density at radius 3 is 2.75 bits per heavy atom. The zero-order chi connectivity index (χ0) is 19.3. The van der Waals surface area contributed by atoms with E-state index < -0.39 is 0 Å². The average molecular weight is 380 g/mol. The SMILES string of the molecule is N#Cc1ccc(-c2noc(N3CCC(C(=O)NCC4CCNC4)CC3)n2)cc1. The normalized spacial score (nSPS) is 20.1. The molecule has 0 saturated carbocycles. The van der Waals surface area contributed by atoms with Crippen LogP contribution in [0, 0.1) is 23.2 Å². The Kier molecular flexibility index (Phi) is 5.53. The summed E-state index contributed by atoms with van der Waals surface area (Å²) in [7, 11) is 0. The van der Waals surface area contributed by atoms with Gasteiger partial charge in [0.1, 0.15) is 0 Å². The zero-order valence-corrected chi connectivity index (χ0v) is 15.7. The third-order valence-electron chi connectivity index (χ3n) is 5.55. The number of hydrogen-bond donors (Lipinski definition) is 2. The molecule has 1 amide bonds. The zero-order valence-electron chi connectivity index (χ0n) is 15.7. The molecule has 4 rings (SSSR count). The Balaban J connectivity index is 1.29. The van der Waals surface area contributed by atoms with Crippen molar-refractivity contribution >= 4 is 11.9 Å². The maximum Gasteiger partial charge on any atom is 0.324 e. The van der Waals surface area contributed by atoms with E-state index in [0.29, 0.717) is 23.3 Å². The molecule has 2 aliphatic rings. The first-order valence-electron chi connectivity index (χ1n) is 9.80. The van der Waals surface area contributed by atoms with Gasteiger partial charge in [-0.2, -0.15) is 10.2 Å². The molecule has 1 unspecified atom stereocenters. The number of hydrogen-bond acceptors (Lipinski definition) is 7. The minimum atomic E-state index is 0.0477. The lowest BCUT2D eigenvalue weighted by Gasteiger charge is -2.29. The van der Waals surface area contributed by atoms with Crippen molar-refractivity contribution in [3.63, 3.8) is 0 Å². The molecule has 1 aromatic carbocycles. The highest BCUT2D eigenvalue weighted by Gasteiger charge is 2.28. The van der Waals surface area contributed by atoms with E-state index in [2.05, 4.69) is 26.8 Å². The van der Waals surface area contributed by atoms with E-state index in [1.165, 1.54) is 0 Å². The van der Waals surface area contributed by atoms with Gasteiger partial charge in [0.05, 0.1) is 11.6 Å². The predicted molar refractivity (Wildman–Crippen MR) is 103 cm³/mol. The Hall–Kier alpha value is -2.92. The van der Waals surface area contributed by atoms with Gasteiger partial charge < -0.3 is 20.1 Å². The lowest BCUT2D eigenvalue weighted by molar-refractivity contribution is -0.125. The van der Waals surface area contributed by atoms with Crippen molar-refractivity contribution in [1.29, 1.82) is 5.26 Å². The monoisotopic (exact) mass is 380 g/mol. The van der Waals surface area contributed by atoms with Gasteiger partial charge in [0.15, 0.2) is 0 Å². The van der Waals surface area contributed by atoms with Crippen molar-refractivity contribution in [2.45, 2.75) is 19.3 Å². The van der Waals surface area contributed by atoms with E-state index in [1.54, 1.807) is 12.1 Å². The van der Waals surface area contributed by atoms with Crippen molar-refractivity contribution in [2.24, 2.45) is 11.8 Å². The summed E-state index contributed by atoms with van der Waals surface area (Å²) in [5.74, 6) is 1.27. The fraction of sp³-hybridized carbons (Fsp3) is 0.500. The van der Waals surface area contributed by atoms with Crippen LogP contribution in [0.1, 0.15) is 24.8 Å². The topological polar surface area (TPSA) is 107 Å². The standard InChI is InChI=1S/C20H24N6O2/c21-11-14-1-3-16(4-2-14)18-24-20(28-25-18)26-9-6-17(7-10-26)19(27)23-13-15-5-8-22-12-15/h1-4,15,17,22H,5-10,12-13H2,(H,23,27). The number of benzene rings is 1. The van der Waals surface area contributed by atoms with E-state index in [4.69, 9.17) is 9.78 Å². The van der Waals surface area contributed by atoms with E-state index in [9.17, 15) is 4.79 Å². The van der Waals surface area contributed by atoms with Crippen LogP contribution in [0.4, 0.5) is 6.01 Å². The fourth-order valence-corrected chi connectivity index (χ4v) is 3.77. The molecule has 3 heterocycles. The predicted octanol–water partition coefficient (Wildman–Crippen LogP) is 1.55. The number of nitrogens with zero attached hydrogens (tertiary/aromatic N) is 4. The second-order valence-electron chi connectivity index (χ2n) is 7.46. The summed E-state index contributed by atoms with van der Waals surface area (Å²) in [5.41, 5.74) is 1.40. The Morgan fingerprint density at radius 1 is 1.29 bits per heavy atom. The van der Waals surface area contributed by atoms with Crippen molar-refractivity contribution in [3.05, 3.63) is 29.8 Å². The molecule has 0 spiro atoms. The number of carbonyl (C=O) groups is 1. The van der Waals surface area contributed by atoms with Crippen molar-refractivity contribution in [2.75, 3.05) is 37.6 Å². The summed E-state index contributed by atoms with van der Waals surface area (Å²) in [4.78, 5) is 18.9. The minimum Gasteiger partial charge on any atom is -0.356 e. The van der Waals surface area contributed by atoms with Gasteiger partial charge in [-0.05, 0) is 62.5 Å². The number of anilines is 1.